The van der Waals surface area contributed by atoms with E-state index in [1.165, 1.54) is 61.2 Å². The lowest BCUT2D eigenvalue weighted by Crippen LogP contribution is -3.11. The average molecular weight is 324 g/mol. The molecule has 0 spiro atoms. The Bertz CT molecular complexity index is 455. The Hall–Kier alpha value is -0.990. The predicted molar refractivity (Wildman–Crippen MR) is 89.4 cm³/mol. The van der Waals surface area contributed by atoms with Crippen LogP contribution in [0.1, 0.15) is 50.7 Å². The topological polar surface area (TPSA) is 13.7 Å². The van der Waals surface area contributed by atoms with Gasteiger partial charge in [-0.15, -0.1) is 0 Å². The molecular weight excluding hydrogens is 294 g/mol. The fourth-order valence-corrected chi connectivity index (χ4v) is 3.02. The zero-order valence-electron chi connectivity index (χ0n) is 14.3. The van der Waals surface area contributed by atoms with Gasteiger partial charge in [-0.1, -0.05) is 29.8 Å². The standard InChI is InChI=1S/C19H29NO.ClH/c1-4-20(5-2)14-15-21-19(17-8-6-7-9-17)18-12-10-16(3)11-13-18;/h10-13H,4-9,14-15H2,1-3H3;1H. The van der Waals surface area contributed by atoms with E-state index in [1.807, 2.05) is 0 Å². The van der Waals surface area contributed by atoms with Gasteiger partial charge < -0.3 is 22.0 Å². The normalized spacial score (nSPS) is 14.1. The fraction of sp³-hybridized carbons (Fsp3) is 0.579. The van der Waals surface area contributed by atoms with Crippen LogP contribution in [0.15, 0.2) is 29.8 Å². The molecule has 22 heavy (non-hydrogen) atoms. The summed E-state index contributed by atoms with van der Waals surface area (Å²) < 4.78 is 6.24. The monoisotopic (exact) mass is 323 g/mol. The van der Waals surface area contributed by atoms with Gasteiger partial charge >= 0.3 is 0 Å². The van der Waals surface area contributed by atoms with E-state index in [9.17, 15) is 0 Å². The molecule has 1 aliphatic carbocycles. The molecule has 0 unspecified atom stereocenters. The van der Waals surface area contributed by atoms with Gasteiger partial charge in [0.1, 0.15) is 18.9 Å². The van der Waals surface area contributed by atoms with Crippen molar-refractivity contribution in [2.24, 2.45) is 0 Å². The van der Waals surface area contributed by atoms with Gasteiger partial charge in [-0.2, -0.15) is 0 Å². The molecule has 124 valence electrons. The minimum atomic E-state index is 0. The smallest absolute Gasteiger partial charge is 0.137 e. The van der Waals surface area contributed by atoms with Gasteiger partial charge in [-0.3, -0.25) is 0 Å². The highest BCUT2D eigenvalue weighted by Gasteiger charge is 2.16. The first-order valence-electron chi connectivity index (χ1n) is 8.50. The lowest BCUT2D eigenvalue weighted by atomic mass is 10.1. The van der Waals surface area contributed by atoms with Crippen molar-refractivity contribution in [3.8, 4) is 0 Å². The van der Waals surface area contributed by atoms with Gasteiger partial charge in [0.2, 0.25) is 0 Å². The van der Waals surface area contributed by atoms with Gasteiger partial charge in [0.05, 0.1) is 13.1 Å². The minimum absolute atomic E-state index is 0. The van der Waals surface area contributed by atoms with Gasteiger partial charge in [-0.25, -0.2) is 0 Å². The molecule has 0 amide bonds. The molecule has 1 aromatic rings. The molecule has 0 bridgehead atoms. The highest BCUT2D eigenvalue weighted by molar-refractivity contribution is 5.63. The van der Waals surface area contributed by atoms with Crippen LogP contribution in [0.3, 0.4) is 0 Å². The lowest BCUT2D eigenvalue weighted by Gasteiger charge is -2.18. The van der Waals surface area contributed by atoms with Crippen LogP contribution in [0.4, 0.5) is 0 Å². The van der Waals surface area contributed by atoms with Gasteiger partial charge in [0, 0.05) is 5.56 Å². The Morgan fingerprint density at radius 2 is 1.64 bits per heavy atom. The fourth-order valence-electron chi connectivity index (χ4n) is 3.02. The zero-order chi connectivity index (χ0) is 15.1. The number of rotatable bonds is 7. The predicted octanol–water partition coefficient (Wildman–Crippen LogP) is 0.225. The Balaban J connectivity index is 0.00000242. The summed E-state index contributed by atoms with van der Waals surface area (Å²) in [5, 5.41) is 0. The summed E-state index contributed by atoms with van der Waals surface area (Å²) in [5.74, 6) is 1.17. The van der Waals surface area contributed by atoms with Gasteiger partial charge in [0.25, 0.3) is 0 Å². The van der Waals surface area contributed by atoms with E-state index in [0.29, 0.717) is 0 Å². The summed E-state index contributed by atoms with van der Waals surface area (Å²) >= 11 is 0. The molecule has 0 atom stereocenters. The van der Waals surface area contributed by atoms with Crippen LogP contribution in [-0.2, 0) is 4.74 Å². The molecule has 0 aliphatic heterocycles. The number of benzene rings is 1. The third kappa shape index (κ3) is 5.33. The quantitative estimate of drug-likeness (QED) is 0.709. The molecule has 0 saturated heterocycles. The van der Waals surface area contributed by atoms with Crippen LogP contribution in [0.2, 0.25) is 0 Å². The third-order valence-corrected chi connectivity index (χ3v) is 4.54. The van der Waals surface area contributed by atoms with Crippen molar-refractivity contribution in [2.45, 2.75) is 46.5 Å². The van der Waals surface area contributed by atoms with E-state index in [4.69, 9.17) is 4.74 Å². The third-order valence-electron chi connectivity index (χ3n) is 4.54. The van der Waals surface area contributed by atoms with E-state index < -0.39 is 0 Å². The number of ether oxygens (including phenoxy) is 1. The number of aryl methyl sites for hydroxylation is 1. The maximum Gasteiger partial charge on any atom is 0.137 e. The number of allylic oxidation sites excluding steroid dienone is 1. The molecule has 2 rings (SSSR count). The van der Waals surface area contributed by atoms with Crippen LogP contribution in [-0.4, -0.2) is 26.2 Å². The zero-order valence-corrected chi connectivity index (χ0v) is 15.0. The summed E-state index contributed by atoms with van der Waals surface area (Å²) in [4.78, 5) is 1.61. The number of halogens is 1. The number of nitrogens with one attached hydrogen (secondary N) is 1. The minimum Gasteiger partial charge on any atom is -1.00 e. The highest BCUT2D eigenvalue weighted by Crippen LogP contribution is 2.32. The summed E-state index contributed by atoms with van der Waals surface area (Å²) in [6.45, 7) is 10.9. The molecule has 0 heterocycles. The highest BCUT2D eigenvalue weighted by atomic mass is 35.5. The van der Waals surface area contributed by atoms with Crippen molar-refractivity contribution >= 4 is 5.76 Å². The number of hydrogen-bond donors (Lipinski definition) is 1. The second kappa shape index (κ2) is 9.91. The molecule has 1 fully saturated rings. The summed E-state index contributed by atoms with van der Waals surface area (Å²) in [5.41, 5.74) is 4.09. The van der Waals surface area contributed by atoms with Crippen LogP contribution in [0.5, 0.6) is 0 Å². The first-order chi connectivity index (χ1) is 10.2. The molecule has 3 heteroatoms. The number of likely N-dealkylation sites (N-methyl/N-ethyl adjacent to an activating group) is 1. The Morgan fingerprint density at radius 1 is 1.05 bits per heavy atom. The average Bonchev–Trinajstić information content (AvgIpc) is 3.03. The Kier molecular flexibility index (Phi) is 8.59. The first kappa shape index (κ1) is 19.1. The van der Waals surface area contributed by atoms with Crippen molar-refractivity contribution in [3.05, 3.63) is 41.0 Å². The van der Waals surface area contributed by atoms with Gasteiger partial charge in [-0.05, 0) is 52.0 Å². The Morgan fingerprint density at radius 3 is 2.18 bits per heavy atom. The first-order valence-corrected chi connectivity index (χ1v) is 8.50. The van der Waals surface area contributed by atoms with Crippen molar-refractivity contribution in [1.82, 2.24) is 0 Å². The van der Waals surface area contributed by atoms with Crippen molar-refractivity contribution in [2.75, 3.05) is 26.2 Å². The van der Waals surface area contributed by atoms with Crippen LogP contribution >= 0.6 is 0 Å². The number of hydrogen-bond acceptors (Lipinski definition) is 1. The van der Waals surface area contributed by atoms with Crippen LogP contribution in [0, 0.1) is 6.92 Å². The van der Waals surface area contributed by atoms with Crippen molar-refractivity contribution in [3.63, 3.8) is 0 Å². The maximum absolute atomic E-state index is 6.24. The molecule has 0 radical (unpaired) electrons. The second-order valence-electron chi connectivity index (χ2n) is 6.06. The Labute approximate surface area is 142 Å². The lowest BCUT2D eigenvalue weighted by molar-refractivity contribution is -0.896. The largest absolute Gasteiger partial charge is 1.00 e. The van der Waals surface area contributed by atoms with Crippen LogP contribution in [0.25, 0.3) is 5.76 Å². The molecular formula is C19H30ClNO. The maximum atomic E-state index is 6.24. The SMILES string of the molecule is CC[NH+](CC)CCOC(=C1CCCC1)c1ccc(C)cc1.[Cl-]. The molecule has 1 saturated carbocycles. The van der Waals surface area contributed by atoms with Gasteiger partial charge in [0.15, 0.2) is 0 Å². The molecule has 0 aromatic heterocycles. The number of quaternary nitrogens is 1. The summed E-state index contributed by atoms with van der Waals surface area (Å²) in [6.07, 6.45) is 5.05. The summed E-state index contributed by atoms with van der Waals surface area (Å²) in [7, 11) is 0. The van der Waals surface area contributed by atoms with Crippen molar-refractivity contribution in [1.29, 1.82) is 0 Å². The van der Waals surface area contributed by atoms with E-state index in [-0.39, 0.29) is 12.4 Å². The van der Waals surface area contributed by atoms with E-state index in [1.54, 1.807) is 4.90 Å². The molecule has 1 aliphatic rings. The molecule has 2 nitrogen and oxygen atoms in total. The van der Waals surface area contributed by atoms with E-state index in [0.717, 1.165) is 13.2 Å². The van der Waals surface area contributed by atoms with Crippen molar-refractivity contribution < 1.29 is 22.0 Å². The molecule has 1 N–H and O–H groups in total. The van der Waals surface area contributed by atoms with E-state index >= 15 is 0 Å². The molecule has 1 aromatic carbocycles. The van der Waals surface area contributed by atoms with E-state index in [2.05, 4.69) is 45.0 Å². The van der Waals surface area contributed by atoms with Crippen LogP contribution < -0.4 is 17.3 Å². The second-order valence-corrected chi connectivity index (χ2v) is 6.06. The summed E-state index contributed by atoms with van der Waals surface area (Å²) in [6, 6.07) is 8.79.